The van der Waals surface area contributed by atoms with Crippen LogP contribution in [0.15, 0.2) is 18.2 Å². The van der Waals surface area contributed by atoms with Gasteiger partial charge in [0.15, 0.2) is 0 Å². The van der Waals surface area contributed by atoms with Gasteiger partial charge < -0.3 is 14.4 Å². The molecule has 4 nitrogen and oxygen atoms in total. The molecule has 2 bridgehead atoms. The van der Waals surface area contributed by atoms with E-state index in [9.17, 15) is 4.79 Å². The first kappa shape index (κ1) is 15.5. The van der Waals surface area contributed by atoms with Crippen LogP contribution in [0.2, 0.25) is 0 Å². The van der Waals surface area contributed by atoms with Gasteiger partial charge >= 0.3 is 0 Å². The number of piperidine rings is 1. The lowest BCUT2D eigenvalue weighted by Crippen LogP contribution is -2.69. The third kappa shape index (κ3) is 1.68. The standard InChI is InChI=1S/C22H27NO3/c1-25-16-8-7-15-12-18-22-19(26-22)6-3-9-21(22,17(15)13-16)10-11-23(18)20(24)14-4-2-5-14/h7-8,13-14,18-19H,2-6,9-12H2,1H3/t18-,19+,21+,22+/m1/s1. The molecule has 2 aliphatic heterocycles. The number of hydrogen-bond acceptors (Lipinski definition) is 3. The third-order valence-corrected chi connectivity index (χ3v) is 8.21. The largest absolute Gasteiger partial charge is 0.497 e. The minimum Gasteiger partial charge on any atom is -0.497 e. The quantitative estimate of drug-likeness (QED) is 0.767. The van der Waals surface area contributed by atoms with Gasteiger partial charge in [0.05, 0.1) is 19.3 Å². The summed E-state index contributed by atoms with van der Waals surface area (Å²) < 4.78 is 12.1. The average molecular weight is 353 g/mol. The normalized spacial score (nSPS) is 40.0. The van der Waals surface area contributed by atoms with Crippen LogP contribution in [0.4, 0.5) is 0 Å². The fraction of sp³-hybridized carbons (Fsp3) is 0.682. The fourth-order valence-electron chi connectivity index (χ4n) is 6.72. The van der Waals surface area contributed by atoms with E-state index in [0.717, 1.165) is 44.4 Å². The third-order valence-electron chi connectivity index (χ3n) is 8.21. The second-order valence-corrected chi connectivity index (χ2v) is 9.03. The average Bonchev–Trinajstić information content (AvgIpc) is 3.34. The van der Waals surface area contributed by atoms with Crippen molar-refractivity contribution in [2.75, 3.05) is 13.7 Å². The van der Waals surface area contributed by atoms with Crippen LogP contribution < -0.4 is 4.74 Å². The Labute approximate surface area is 154 Å². The first-order valence-electron chi connectivity index (χ1n) is 10.4. The number of carbonyl (C=O) groups excluding carboxylic acids is 1. The zero-order valence-corrected chi connectivity index (χ0v) is 15.5. The number of rotatable bonds is 2. The van der Waals surface area contributed by atoms with Crippen molar-refractivity contribution in [1.82, 2.24) is 4.90 Å². The zero-order chi connectivity index (χ0) is 17.5. The van der Waals surface area contributed by atoms with Gasteiger partial charge in [-0.1, -0.05) is 12.5 Å². The van der Waals surface area contributed by atoms with Crippen LogP contribution in [0.1, 0.15) is 56.1 Å². The Morgan fingerprint density at radius 3 is 2.88 bits per heavy atom. The monoisotopic (exact) mass is 353 g/mol. The van der Waals surface area contributed by atoms with Crippen molar-refractivity contribution in [2.45, 2.75) is 74.5 Å². The van der Waals surface area contributed by atoms with Crippen LogP contribution in [0.5, 0.6) is 5.75 Å². The van der Waals surface area contributed by atoms with E-state index in [-0.39, 0.29) is 23.0 Å². The summed E-state index contributed by atoms with van der Waals surface area (Å²) in [6.45, 7) is 0.897. The predicted octanol–water partition coefficient (Wildman–Crippen LogP) is 3.21. The van der Waals surface area contributed by atoms with Gasteiger partial charge in [0.25, 0.3) is 0 Å². The molecule has 4 atom stereocenters. The molecule has 5 aliphatic rings. The molecular formula is C22H27NO3. The molecule has 0 aromatic heterocycles. The van der Waals surface area contributed by atoms with E-state index >= 15 is 0 Å². The minimum absolute atomic E-state index is 0.0824. The Morgan fingerprint density at radius 1 is 1.23 bits per heavy atom. The summed E-state index contributed by atoms with van der Waals surface area (Å²) in [5, 5.41) is 0. The smallest absolute Gasteiger partial charge is 0.226 e. The van der Waals surface area contributed by atoms with Crippen LogP contribution in [0, 0.1) is 5.92 Å². The van der Waals surface area contributed by atoms with E-state index in [4.69, 9.17) is 9.47 Å². The SMILES string of the molecule is COc1ccc2c(c1)[C@@]13CCC[C@@H]4O[C@@]41[C@@H](C2)N(C(=O)C1CCC1)CC3. The van der Waals surface area contributed by atoms with E-state index in [2.05, 4.69) is 23.1 Å². The molecule has 6 rings (SSSR count). The molecule has 138 valence electrons. The Bertz CT molecular complexity index is 788. The lowest BCUT2D eigenvalue weighted by atomic mass is 9.51. The summed E-state index contributed by atoms with van der Waals surface area (Å²) in [6.07, 6.45) is 9.27. The van der Waals surface area contributed by atoms with Crippen molar-refractivity contribution < 1.29 is 14.3 Å². The number of epoxide rings is 1. The number of likely N-dealkylation sites (tertiary alicyclic amines) is 1. The molecule has 2 heterocycles. The Balaban J connectivity index is 1.48. The van der Waals surface area contributed by atoms with E-state index in [1.165, 1.54) is 30.4 Å². The second-order valence-electron chi connectivity index (χ2n) is 9.03. The van der Waals surface area contributed by atoms with Gasteiger partial charge in [-0.2, -0.15) is 0 Å². The molecule has 0 radical (unpaired) electrons. The Kier molecular flexibility index (Phi) is 3.00. The number of hydrogen-bond donors (Lipinski definition) is 0. The molecule has 1 spiro atoms. The van der Waals surface area contributed by atoms with Crippen molar-refractivity contribution in [1.29, 1.82) is 0 Å². The predicted molar refractivity (Wildman–Crippen MR) is 97.3 cm³/mol. The number of amides is 1. The van der Waals surface area contributed by atoms with Gasteiger partial charge in [-0.05, 0) is 68.2 Å². The van der Waals surface area contributed by atoms with Gasteiger partial charge in [0.2, 0.25) is 5.91 Å². The molecule has 1 aromatic carbocycles. The van der Waals surface area contributed by atoms with Crippen LogP contribution in [0.3, 0.4) is 0 Å². The molecule has 1 amide bonds. The highest BCUT2D eigenvalue weighted by Gasteiger charge is 2.78. The van der Waals surface area contributed by atoms with Crippen LogP contribution in [0.25, 0.3) is 0 Å². The Hall–Kier alpha value is -1.55. The first-order valence-corrected chi connectivity index (χ1v) is 10.4. The molecular weight excluding hydrogens is 326 g/mol. The van der Waals surface area contributed by atoms with E-state index in [1.807, 2.05) is 0 Å². The zero-order valence-electron chi connectivity index (χ0n) is 15.5. The van der Waals surface area contributed by atoms with E-state index in [1.54, 1.807) is 7.11 Å². The summed E-state index contributed by atoms with van der Waals surface area (Å²) in [5.74, 6) is 1.63. The van der Waals surface area contributed by atoms with Crippen LogP contribution in [-0.2, 0) is 21.4 Å². The van der Waals surface area contributed by atoms with Gasteiger partial charge in [0.1, 0.15) is 11.4 Å². The molecule has 2 saturated carbocycles. The van der Waals surface area contributed by atoms with Gasteiger partial charge in [-0.15, -0.1) is 0 Å². The van der Waals surface area contributed by atoms with E-state index < -0.39 is 0 Å². The molecule has 4 fully saturated rings. The maximum Gasteiger partial charge on any atom is 0.226 e. The molecule has 26 heavy (non-hydrogen) atoms. The number of methoxy groups -OCH3 is 1. The minimum atomic E-state index is -0.123. The van der Waals surface area contributed by atoms with E-state index in [0.29, 0.717) is 12.0 Å². The number of carbonyl (C=O) groups is 1. The van der Waals surface area contributed by atoms with Crippen molar-refractivity contribution in [3.8, 4) is 5.75 Å². The number of fused-ring (bicyclic) bond motifs is 1. The summed E-state index contributed by atoms with van der Waals surface area (Å²) in [5.41, 5.74) is 2.82. The second kappa shape index (κ2) is 5.03. The van der Waals surface area contributed by atoms with Gasteiger partial charge in [-0.25, -0.2) is 0 Å². The van der Waals surface area contributed by atoms with Crippen LogP contribution >= 0.6 is 0 Å². The van der Waals surface area contributed by atoms with Gasteiger partial charge in [-0.3, -0.25) is 4.79 Å². The molecule has 3 aliphatic carbocycles. The fourth-order valence-corrected chi connectivity index (χ4v) is 6.72. The van der Waals surface area contributed by atoms with Crippen molar-refractivity contribution in [2.24, 2.45) is 5.92 Å². The lowest BCUT2D eigenvalue weighted by molar-refractivity contribution is -0.148. The maximum atomic E-state index is 13.2. The lowest BCUT2D eigenvalue weighted by Gasteiger charge is -2.58. The summed E-state index contributed by atoms with van der Waals surface area (Å²) in [7, 11) is 1.75. The number of benzene rings is 1. The highest BCUT2D eigenvalue weighted by molar-refractivity contribution is 5.81. The summed E-state index contributed by atoms with van der Waals surface area (Å²) in [6, 6.07) is 6.81. The molecule has 1 aromatic rings. The van der Waals surface area contributed by atoms with Crippen molar-refractivity contribution in [3.63, 3.8) is 0 Å². The first-order chi connectivity index (χ1) is 12.7. The van der Waals surface area contributed by atoms with Crippen LogP contribution in [-0.4, -0.2) is 42.2 Å². The van der Waals surface area contributed by atoms with Gasteiger partial charge in [0, 0.05) is 17.9 Å². The maximum absolute atomic E-state index is 13.2. The topological polar surface area (TPSA) is 42.1 Å². The summed E-state index contributed by atoms with van der Waals surface area (Å²) in [4.78, 5) is 15.4. The highest BCUT2D eigenvalue weighted by Crippen LogP contribution is 2.68. The highest BCUT2D eigenvalue weighted by atomic mass is 16.6. The molecule has 2 saturated heterocycles. The van der Waals surface area contributed by atoms with Crippen molar-refractivity contribution in [3.05, 3.63) is 29.3 Å². The van der Waals surface area contributed by atoms with Crippen molar-refractivity contribution >= 4 is 5.91 Å². The molecule has 4 heteroatoms. The Morgan fingerprint density at radius 2 is 2.12 bits per heavy atom. The molecule has 0 unspecified atom stereocenters. The number of nitrogens with zero attached hydrogens (tertiary/aromatic N) is 1. The molecule has 0 N–H and O–H groups in total. The number of ether oxygens (including phenoxy) is 2. The summed E-state index contributed by atoms with van der Waals surface area (Å²) >= 11 is 0.